The number of benzene rings is 1. The van der Waals surface area contributed by atoms with Crippen LogP contribution >= 0.6 is 11.6 Å². The van der Waals surface area contributed by atoms with Crippen LogP contribution in [0.2, 0.25) is 5.02 Å². The van der Waals surface area contributed by atoms with Crippen molar-refractivity contribution in [2.45, 2.75) is 6.42 Å². The largest absolute Gasteiger partial charge is 0.506 e. The van der Waals surface area contributed by atoms with Crippen LogP contribution in [0.4, 0.5) is 0 Å². The first-order valence-corrected chi connectivity index (χ1v) is 4.06. The first kappa shape index (κ1) is 10.4. The van der Waals surface area contributed by atoms with E-state index in [1.54, 1.807) is 6.07 Å². The Bertz CT molecular complexity index is 423. The summed E-state index contributed by atoms with van der Waals surface area (Å²) in [6, 6.07) is 4.39. The van der Waals surface area contributed by atoms with Crippen LogP contribution in [-0.2, 0) is 11.2 Å². The fourth-order valence-electron chi connectivity index (χ4n) is 1.04. The Hall–Kier alpha value is -1.73. The Labute approximate surface area is 85.0 Å². The smallest absolute Gasteiger partial charge is 0.307 e. The summed E-state index contributed by atoms with van der Waals surface area (Å²) < 4.78 is 0. The van der Waals surface area contributed by atoms with Gasteiger partial charge >= 0.3 is 5.97 Å². The van der Waals surface area contributed by atoms with Crippen molar-refractivity contribution in [3.8, 4) is 11.8 Å². The number of nitriles is 1. The molecule has 5 heteroatoms. The molecule has 0 amide bonds. The van der Waals surface area contributed by atoms with Crippen molar-refractivity contribution in [1.29, 1.82) is 5.26 Å². The average molecular weight is 212 g/mol. The van der Waals surface area contributed by atoms with E-state index in [1.807, 2.05) is 0 Å². The molecule has 2 N–H and O–H groups in total. The van der Waals surface area contributed by atoms with Gasteiger partial charge in [-0.2, -0.15) is 5.26 Å². The van der Waals surface area contributed by atoms with Gasteiger partial charge in [0.25, 0.3) is 0 Å². The van der Waals surface area contributed by atoms with E-state index < -0.39 is 5.97 Å². The summed E-state index contributed by atoms with van der Waals surface area (Å²) in [5, 5.41) is 26.3. The summed E-state index contributed by atoms with van der Waals surface area (Å²) in [6.07, 6.45) is -0.289. The molecule has 0 aliphatic rings. The van der Waals surface area contributed by atoms with Crippen LogP contribution in [0.3, 0.4) is 0 Å². The number of halogens is 1. The van der Waals surface area contributed by atoms with E-state index in [4.69, 9.17) is 27.1 Å². The van der Waals surface area contributed by atoms with Crippen LogP contribution < -0.4 is 0 Å². The Morgan fingerprint density at radius 1 is 1.57 bits per heavy atom. The van der Waals surface area contributed by atoms with E-state index >= 15 is 0 Å². The zero-order chi connectivity index (χ0) is 10.7. The number of carboxylic acids is 1. The molecule has 0 bridgehead atoms. The maximum absolute atomic E-state index is 10.4. The second kappa shape index (κ2) is 3.99. The van der Waals surface area contributed by atoms with E-state index in [-0.39, 0.29) is 22.8 Å². The third kappa shape index (κ3) is 1.95. The Balaban J connectivity index is 3.26. The van der Waals surface area contributed by atoms with E-state index in [0.717, 1.165) is 0 Å². The van der Waals surface area contributed by atoms with Crippen molar-refractivity contribution in [1.82, 2.24) is 0 Å². The van der Waals surface area contributed by atoms with Gasteiger partial charge in [-0.3, -0.25) is 4.79 Å². The number of hydrogen-bond donors (Lipinski definition) is 2. The van der Waals surface area contributed by atoms with Crippen LogP contribution in [0.15, 0.2) is 12.1 Å². The molecule has 0 radical (unpaired) electrons. The van der Waals surface area contributed by atoms with Gasteiger partial charge in [0.2, 0.25) is 0 Å². The van der Waals surface area contributed by atoms with Crippen molar-refractivity contribution in [2.75, 3.05) is 0 Å². The lowest BCUT2D eigenvalue weighted by molar-refractivity contribution is -0.136. The zero-order valence-corrected chi connectivity index (χ0v) is 7.75. The number of aromatic hydroxyl groups is 1. The second-order valence-corrected chi connectivity index (χ2v) is 2.99. The lowest BCUT2D eigenvalue weighted by Crippen LogP contribution is -2.02. The van der Waals surface area contributed by atoms with E-state index in [9.17, 15) is 4.79 Å². The van der Waals surface area contributed by atoms with Crippen LogP contribution in [-0.4, -0.2) is 16.2 Å². The zero-order valence-electron chi connectivity index (χ0n) is 6.99. The van der Waals surface area contributed by atoms with Gasteiger partial charge in [-0.25, -0.2) is 0 Å². The summed E-state index contributed by atoms with van der Waals surface area (Å²) in [4.78, 5) is 10.4. The average Bonchev–Trinajstić information content (AvgIpc) is 2.11. The van der Waals surface area contributed by atoms with Gasteiger partial charge < -0.3 is 10.2 Å². The highest BCUT2D eigenvalue weighted by Crippen LogP contribution is 2.29. The predicted octanol–water partition coefficient (Wildman–Crippen LogP) is 1.54. The molecule has 0 heterocycles. The fraction of sp³-hybridized carbons (Fsp3) is 0.111. The summed E-state index contributed by atoms with van der Waals surface area (Å²) in [6.45, 7) is 0. The van der Waals surface area contributed by atoms with Crippen molar-refractivity contribution in [2.24, 2.45) is 0 Å². The number of hydrogen-bond acceptors (Lipinski definition) is 3. The molecular formula is C9H6ClNO3. The normalized spacial score (nSPS) is 9.43. The molecule has 0 saturated carbocycles. The molecule has 72 valence electrons. The first-order chi connectivity index (χ1) is 6.56. The van der Waals surface area contributed by atoms with Crippen LogP contribution in [0, 0.1) is 11.3 Å². The molecule has 14 heavy (non-hydrogen) atoms. The molecule has 0 spiro atoms. The lowest BCUT2D eigenvalue weighted by Gasteiger charge is -2.04. The standard InChI is InChI=1S/C9H6ClNO3/c10-9-6(4-11)5(3-8(13)14)1-2-7(9)12/h1-2,12H,3H2,(H,13,14). The van der Waals surface area contributed by atoms with Crippen molar-refractivity contribution in [3.05, 3.63) is 28.3 Å². The predicted molar refractivity (Wildman–Crippen MR) is 49.2 cm³/mol. The van der Waals surface area contributed by atoms with Crippen molar-refractivity contribution in [3.63, 3.8) is 0 Å². The molecule has 0 atom stereocenters. The maximum atomic E-state index is 10.4. The second-order valence-electron chi connectivity index (χ2n) is 2.62. The van der Waals surface area contributed by atoms with Gasteiger partial charge in [-0.15, -0.1) is 0 Å². The van der Waals surface area contributed by atoms with Crippen LogP contribution in [0.25, 0.3) is 0 Å². The highest BCUT2D eigenvalue weighted by atomic mass is 35.5. The SMILES string of the molecule is N#Cc1c(CC(=O)O)ccc(O)c1Cl. The fourth-order valence-corrected chi connectivity index (χ4v) is 1.26. The molecule has 1 aromatic rings. The molecular weight excluding hydrogens is 206 g/mol. The van der Waals surface area contributed by atoms with Crippen molar-refractivity contribution < 1.29 is 15.0 Å². The number of carbonyl (C=O) groups is 1. The van der Waals surface area contributed by atoms with Gasteiger partial charge in [0.15, 0.2) is 0 Å². The minimum atomic E-state index is -1.05. The summed E-state index contributed by atoms with van der Waals surface area (Å²) in [5.41, 5.74) is 0.303. The number of nitrogens with zero attached hydrogens (tertiary/aromatic N) is 1. The van der Waals surface area contributed by atoms with Crippen LogP contribution in [0.5, 0.6) is 5.75 Å². The minimum absolute atomic E-state index is 0.00840. The number of aliphatic carboxylic acids is 1. The molecule has 0 unspecified atom stereocenters. The Kier molecular flexibility index (Phi) is 2.95. The number of phenols is 1. The van der Waals surface area contributed by atoms with Crippen molar-refractivity contribution >= 4 is 17.6 Å². The van der Waals surface area contributed by atoms with Gasteiger partial charge in [-0.05, 0) is 11.6 Å². The molecule has 0 aromatic heterocycles. The number of phenolic OH excluding ortho intramolecular Hbond substituents is 1. The van der Waals surface area contributed by atoms with Crippen LogP contribution in [0.1, 0.15) is 11.1 Å². The molecule has 0 aliphatic carbocycles. The van der Waals surface area contributed by atoms with Gasteiger partial charge in [0, 0.05) is 0 Å². The summed E-state index contributed by atoms with van der Waals surface area (Å²) in [5.74, 6) is -1.28. The quantitative estimate of drug-likeness (QED) is 0.778. The minimum Gasteiger partial charge on any atom is -0.506 e. The monoisotopic (exact) mass is 211 g/mol. The molecule has 0 fully saturated rings. The number of carboxylic acid groups (broad SMARTS) is 1. The van der Waals surface area contributed by atoms with Gasteiger partial charge in [0.05, 0.1) is 12.0 Å². The molecule has 4 nitrogen and oxygen atoms in total. The lowest BCUT2D eigenvalue weighted by atomic mass is 10.1. The molecule has 0 saturated heterocycles. The first-order valence-electron chi connectivity index (χ1n) is 3.68. The Morgan fingerprint density at radius 3 is 2.71 bits per heavy atom. The van der Waals surface area contributed by atoms with E-state index in [0.29, 0.717) is 5.56 Å². The summed E-state index contributed by atoms with van der Waals surface area (Å²) >= 11 is 5.62. The van der Waals surface area contributed by atoms with Gasteiger partial charge in [-0.1, -0.05) is 17.7 Å². The topological polar surface area (TPSA) is 81.3 Å². The molecule has 0 aliphatic heterocycles. The maximum Gasteiger partial charge on any atom is 0.307 e. The van der Waals surface area contributed by atoms with E-state index in [2.05, 4.69) is 0 Å². The van der Waals surface area contributed by atoms with E-state index in [1.165, 1.54) is 12.1 Å². The molecule has 1 aromatic carbocycles. The third-order valence-electron chi connectivity index (χ3n) is 1.66. The highest BCUT2D eigenvalue weighted by Gasteiger charge is 2.12. The number of rotatable bonds is 2. The summed E-state index contributed by atoms with van der Waals surface area (Å²) in [7, 11) is 0. The highest BCUT2D eigenvalue weighted by molar-refractivity contribution is 6.33. The van der Waals surface area contributed by atoms with Gasteiger partial charge in [0.1, 0.15) is 16.8 Å². The molecule has 1 rings (SSSR count). The Morgan fingerprint density at radius 2 is 2.21 bits per heavy atom. The third-order valence-corrected chi connectivity index (χ3v) is 2.04.